The minimum Gasteiger partial charge on any atom is -0.352 e. The zero-order valence-electron chi connectivity index (χ0n) is 9.19. The number of nitro benzene ring substituents is 1. The van der Waals surface area contributed by atoms with E-state index in [1.807, 2.05) is 0 Å². The molecular weight excluding hydrogens is 288 g/mol. The van der Waals surface area contributed by atoms with Crippen LogP contribution in [0.2, 0.25) is 0 Å². The molecule has 1 rings (SSSR count). The fourth-order valence-electron chi connectivity index (χ4n) is 1.28. The summed E-state index contributed by atoms with van der Waals surface area (Å²) in [6.45, 7) is 0.577. The van der Waals surface area contributed by atoms with Crippen molar-refractivity contribution in [2.75, 3.05) is 11.9 Å². The summed E-state index contributed by atoms with van der Waals surface area (Å²) in [6.07, 6.45) is 1.86. The molecule has 0 heterocycles. The Bertz CT molecular complexity index is 409. The third-order valence-corrected chi connectivity index (χ3v) is 2.73. The molecule has 0 saturated heterocycles. The first-order valence-corrected chi connectivity index (χ1v) is 6.36. The van der Waals surface area contributed by atoms with Crippen LogP contribution in [-0.2, 0) is 0 Å². The Morgan fingerprint density at radius 1 is 1.41 bits per heavy atom. The van der Waals surface area contributed by atoms with Crippen LogP contribution in [0.4, 0.5) is 5.69 Å². The molecule has 1 N–H and O–H groups in total. The zero-order chi connectivity index (χ0) is 12.7. The number of nitro groups is 1. The van der Waals surface area contributed by atoms with Gasteiger partial charge in [0.1, 0.15) is 0 Å². The van der Waals surface area contributed by atoms with E-state index in [-0.39, 0.29) is 11.6 Å². The minimum atomic E-state index is -0.512. The average Bonchev–Trinajstić information content (AvgIpc) is 2.34. The van der Waals surface area contributed by atoms with Gasteiger partial charge in [-0.3, -0.25) is 14.9 Å². The second kappa shape index (κ2) is 7.01. The summed E-state index contributed by atoms with van der Waals surface area (Å²) in [7, 11) is 0. The maximum absolute atomic E-state index is 11.6. The van der Waals surface area contributed by atoms with Gasteiger partial charge in [-0.2, -0.15) is 0 Å². The van der Waals surface area contributed by atoms with E-state index in [0.717, 1.165) is 18.2 Å². The Labute approximate surface area is 107 Å². The Morgan fingerprint density at radius 3 is 2.82 bits per heavy atom. The minimum absolute atomic E-state index is 0.0712. The first-order valence-electron chi connectivity index (χ1n) is 5.24. The van der Waals surface area contributed by atoms with Crippen LogP contribution in [0.3, 0.4) is 0 Å². The fraction of sp³-hybridized carbons (Fsp3) is 0.364. The van der Waals surface area contributed by atoms with Gasteiger partial charge in [0, 0.05) is 29.6 Å². The monoisotopic (exact) mass is 300 g/mol. The van der Waals surface area contributed by atoms with Crippen LogP contribution in [0.5, 0.6) is 0 Å². The Kier molecular flexibility index (Phi) is 5.62. The number of unbranched alkanes of at least 4 members (excludes halogenated alkanes) is 1. The normalized spacial score (nSPS) is 9.94. The van der Waals surface area contributed by atoms with Crippen molar-refractivity contribution in [3.63, 3.8) is 0 Å². The molecule has 0 radical (unpaired) electrons. The molecule has 92 valence electrons. The number of benzene rings is 1. The van der Waals surface area contributed by atoms with Crippen LogP contribution < -0.4 is 5.32 Å². The molecular formula is C11H13BrN2O3. The highest BCUT2D eigenvalue weighted by Gasteiger charge is 2.10. The van der Waals surface area contributed by atoms with Gasteiger partial charge in [0.15, 0.2) is 0 Å². The van der Waals surface area contributed by atoms with E-state index < -0.39 is 4.92 Å². The van der Waals surface area contributed by atoms with E-state index in [0.29, 0.717) is 12.1 Å². The number of rotatable bonds is 6. The Balaban J connectivity index is 2.56. The molecule has 0 aromatic heterocycles. The van der Waals surface area contributed by atoms with Gasteiger partial charge in [-0.1, -0.05) is 22.0 Å². The molecule has 0 atom stereocenters. The number of carbonyl (C=O) groups is 1. The van der Waals surface area contributed by atoms with E-state index in [1.165, 1.54) is 18.2 Å². The first-order chi connectivity index (χ1) is 8.15. The average molecular weight is 301 g/mol. The predicted molar refractivity (Wildman–Crippen MR) is 68.5 cm³/mol. The van der Waals surface area contributed by atoms with Crippen molar-refractivity contribution >= 4 is 27.5 Å². The smallest absolute Gasteiger partial charge is 0.270 e. The number of alkyl halides is 1. The van der Waals surface area contributed by atoms with Gasteiger partial charge in [0.2, 0.25) is 0 Å². The van der Waals surface area contributed by atoms with Crippen molar-refractivity contribution < 1.29 is 9.72 Å². The Morgan fingerprint density at radius 2 is 2.18 bits per heavy atom. The summed E-state index contributed by atoms with van der Waals surface area (Å²) >= 11 is 3.30. The van der Waals surface area contributed by atoms with Crippen molar-refractivity contribution in [3.05, 3.63) is 39.9 Å². The molecule has 0 saturated carbocycles. The number of hydrogen-bond acceptors (Lipinski definition) is 3. The van der Waals surface area contributed by atoms with Crippen molar-refractivity contribution in [3.8, 4) is 0 Å². The topological polar surface area (TPSA) is 72.2 Å². The lowest BCUT2D eigenvalue weighted by Gasteiger charge is -2.04. The number of halogens is 1. The summed E-state index contributed by atoms with van der Waals surface area (Å²) in [4.78, 5) is 21.7. The summed E-state index contributed by atoms with van der Waals surface area (Å²) < 4.78 is 0. The van der Waals surface area contributed by atoms with Crippen LogP contribution >= 0.6 is 15.9 Å². The molecule has 0 aliphatic rings. The highest BCUT2D eigenvalue weighted by atomic mass is 79.9. The lowest BCUT2D eigenvalue weighted by molar-refractivity contribution is -0.384. The van der Waals surface area contributed by atoms with Crippen molar-refractivity contribution in [1.82, 2.24) is 5.32 Å². The van der Waals surface area contributed by atoms with Crippen LogP contribution in [-0.4, -0.2) is 22.7 Å². The lowest BCUT2D eigenvalue weighted by Crippen LogP contribution is -2.24. The molecule has 1 aromatic carbocycles. The molecule has 0 aliphatic heterocycles. The van der Waals surface area contributed by atoms with E-state index >= 15 is 0 Å². The summed E-state index contributed by atoms with van der Waals surface area (Å²) in [6, 6.07) is 5.71. The molecule has 17 heavy (non-hydrogen) atoms. The molecule has 6 heteroatoms. The van der Waals surface area contributed by atoms with E-state index in [1.54, 1.807) is 6.07 Å². The highest BCUT2D eigenvalue weighted by molar-refractivity contribution is 9.09. The number of amides is 1. The van der Waals surface area contributed by atoms with Gasteiger partial charge in [0.05, 0.1) is 4.92 Å². The van der Waals surface area contributed by atoms with Crippen molar-refractivity contribution in [1.29, 1.82) is 0 Å². The van der Waals surface area contributed by atoms with Crippen LogP contribution in [0.25, 0.3) is 0 Å². The predicted octanol–water partition coefficient (Wildman–Crippen LogP) is 2.50. The second-order valence-electron chi connectivity index (χ2n) is 3.46. The van der Waals surface area contributed by atoms with Crippen molar-refractivity contribution in [2.45, 2.75) is 12.8 Å². The first kappa shape index (κ1) is 13.6. The zero-order valence-corrected chi connectivity index (χ0v) is 10.8. The molecule has 0 aliphatic carbocycles. The largest absolute Gasteiger partial charge is 0.352 e. The van der Waals surface area contributed by atoms with Gasteiger partial charge in [0.25, 0.3) is 11.6 Å². The highest BCUT2D eigenvalue weighted by Crippen LogP contribution is 2.12. The number of carbonyl (C=O) groups excluding carboxylic acids is 1. The SMILES string of the molecule is O=C(NCCCCBr)c1cccc([N+](=O)[O-])c1. The van der Waals surface area contributed by atoms with Gasteiger partial charge in [-0.15, -0.1) is 0 Å². The van der Waals surface area contributed by atoms with Crippen molar-refractivity contribution in [2.24, 2.45) is 0 Å². The molecule has 0 unspecified atom stereocenters. The van der Waals surface area contributed by atoms with Gasteiger partial charge in [-0.25, -0.2) is 0 Å². The lowest BCUT2D eigenvalue weighted by atomic mass is 10.2. The quantitative estimate of drug-likeness (QED) is 0.380. The summed E-state index contributed by atoms with van der Waals surface area (Å²) in [5.41, 5.74) is 0.246. The van der Waals surface area contributed by atoms with Gasteiger partial charge in [-0.05, 0) is 18.9 Å². The molecule has 0 spiro atoms. The van der Waals surface area contributed by atoms with E-state index in [4.69, 9.17) is 0 Å². The number of non-ortho nitro benzene ring substituents is 1. The molecule has 1 aromatic rings. The summed E-state index contributed by atoms with van der Waals surface area (Å²) in [5.74, 6) is -0.275. The number of hydrogen-bond donors (Lipinski definition) is 1. The molecule has 1 amide bonds. The maximum atomic E-state index is 11.6. The van der Waals surface area contributed by atoms with E-state index in [9.17, 15) is 14.9 Å². The standard InChI is InChI=1S/C11H13BrN2O3/c12-6-1-2-7-13-11(15)9-4-3-5-10(8-9)14(16)17/h3-5,8H,1-2,6-7H2,(H,13,15). The van der Waals surface area contributed by atoms with Gasteiger partial charge >= 0.3 is 0 Å². The maximum Gasteiger partial charge on any atom is 0.270 e. The third kappa shape index (κ3) is 4.52. The molecule has 0 bridgehead atoms. The van der Waals surface area contributed by atoms with Crippen LogP contribution in [0.1, 0.15) is 23.2 Å². The molecule has 5 nitrogen and oxygen atoms in total. The second-order valence-corrected chi connectivity index (χ2v) is 4.25. The molecule has 0 fully saturated rings. The Hall–Kier alpha value is -1.43. The number of nitrogens with zero attached hydrogens (tertiary/aromatic N) is 1. The van der Waals surface area contributed by atoms with Crippen LogP contribution in [0, 0.1) is 10.1 Å². The number of nitrogens with one attached hydrogen (secondary N) is 1. The van der Waals surface area contributed by atoms with E-state index in [2.05, 4.69) is 21.2 Å². The summed E-state index contributed by atoms with van der Waals surface area (Å²) in [5, 5.41) is 14.2. The van der Waals surface area contributed by atoms with Crippen LogP contribution in [0.15, 0.2) is 24.3 Å². The fourth-order valence-corrected chi connectivity index (χ4v) is 1.68. The third-order valence-electron chi connectivity index (χ3n) is 2.17. The van der Waals surface area contributed by atoms with Gasteiger partial charge < -0.3 is 5.32 Å².